The molecular weight excluding hydrogens is 304 g/mol. The lowest BCUT2D eigenvalue weighted by Crippen LogP contribution is -2.53. The van der Waals surface area contributed by atoms with Crippen molar-refractivity contribution in [2.24, 2.45) is 0 Å². The average molecular weight is 327 g/mol. The van der Waals surface area contributed by atoms with Gasteiger partial charge < -0.3 is 14.6 Å². The quantitative estimate of drug-likeness (QED) is 0.904. The molecule has 1 saturated heterocycles. The highest BCUT2D eigenvalue weighted by Gasteiger charge is 2.44. The molecule has 0 radical (unpaired) electrons. The number of alkyl halides is 2. The van der Waals surface area contributed by atoms with Crippen LogP contribution in [0.15, 0.2) is 18.2 Å². The molecule has 0 bridgehead atoms. The predicted octanol–water partition coefficient (Wildman–Crippen LogP) is 3.35. The van der Waals surface area contributed by atoms with E-state index in [2.05, 4.69) is 35.1 Å². The van der Waals surface area contributed by atoms with Gasteiger partial charge in [0.25, 0.3) is 0 Å². The van der Waals surface area contributed by atoms with E-state index in [1.54, 1.807) is 12.1 Å². The second-order valence-corrected chi connectivity index (χ2v) is 7.31. The smallest absolute Gasteiger partial charge is 0.395 e. The van der Waals surface area contributed by atoms with Crippen LogP contribution in [0.1, 0.15) is 45.1 Å². The van der Waals surface area contributed by atoms with E-state index in [-0.39, 0.29) is 35.6 Å². The van der Waals surface area contributed by atoms with Crippen LogP contribution in [0.5, 0.6) is 11.5 Å². The summed E-state index contributed by atoms with van der Waals surface area (Å²) < 4.78 is 35.3. The van der Waals surface area contributed by atoms with Gasteiger partial charge in [0.1, 0.15) is 0 Å². The van der Waals surface area contributed by atoms with Gasteiger partial charge in [-0.2, -0.15) is 0 Å². The number of ether oxygens (including phenoxy) is 2. The van der Waals surface area contributed by atoms with Gasteiger partial charge in [-0.25, -0.2) is 0 Å². The summed E-state index contributed by atoms with van der Waals surface area (Å²) in [4.78, 5) is 2.29. The van der Waals surface area contributed by atoms with Crippen molar-refractivity contribution in [3.8, 4) is 11.5 Å². The fourth-order valence-corrected chi connectivity index (χ4v) is 3.53. The van der Waals surface area contributed by atoms with Crippen LogP contribution in [0.4, 0.5) is 8.78 Å². The maximum Gasteiger partial charge on any atom is 0.586 e. The second kappa shape index (κ2) is 5.60. The molecule has 2 atom stereocenters. The molecule has 0 aromatic heterocycles. The Labute approximate surface area is 135 Å². The lowest BCUT2D eigenvalue weighted by atomic mass is 9.84. The Balaban J connectivity index is 1.81. The summed E-state index contributed by atoms with van der Waals surface area (Å²) in [6, 6.07) is 5.17. The molecule has 2 unspecified atom stereocenters. The number of benzene rings is 1. The third kappa shape index (κ3) is 3.28. The van der Waals surface area contributed by atoms with Crippen molar-refractivity contribution in [2.45, 2.75) is 57.4 Å². The van der Waals surface area contributed by atoms with Gasteiger partial charge in [0.2, 0.25) is 0 Å². The van der Waals surface area contributed by atoms with Gasteiger partial charge in [-0.3, -0.25) is 4.90 Å². The standard InChI is InChI=1S/C17H23F2NO3/c1-16(2,3)20-9-12(4-6-13(20)10-21)11-5-7-14-15(8-11)23-17(18,19)22-14/h5,7-8,12-13,21H,4,6,9-10H2,1-3H3. The molecule has 0 amide bonds. The Bertz CT molecular complexity index is 586. The molecule has 4 nitrogen and oxygen atoms in total. The number of nitrogens with zero attached hydrogens (tertiary/aromatic N) is 1. The van der Waals surface area contributed by atoms with Crippen molar-refractivity contribution in [2.75, 3.05) is 13.2 Å². The van der Waals surface area contributed by atoms with Crippen molar-refractivity contribution in [1.29, 1.82) is 0 Å². The molecule has 0 aliphatic carbocycles. The van der Waals surface area contributed by atoms with Crippen molar-refractivity contribution >= 4 is 0 Å². The van der Waals surface area contributed by atoms with E-state index in [1.165, 1.54) is 0 Å². The van der Waals surface area contributed by atoms with Crippen LogP contribution in [0.3, 0.4) is 0 Å². The number of halogens is 2. The molecule has 0 spiro atoms. The predicted molar refractivity (Wildman–Crippen MR) is 82.0 cm³/mol. The van der Waals surface area contributed by atoms with Crippen LogP contribution >= 0.6 is 0 Å². The third-order valence-corrected chi connectivity index (χ3v) is 4.68. The molecule has 6 heteroatoms. The minimum atomic E-state index is -3.58. The van der Waals surface area contributed by atoms with E-state index < -0.39 is 6.29 Å². The molecule has 3 rings (SSSR count). The first-order valence-electron chi connectivity index (χ1n) is 7.97. The Morgan fingerprint density at radius 1 is 1.22 bits per heavy atom. The maximum atomic E-state index is 13.1. The minimum Gasteiger partial charge on any atom is -0.395 e. The molecular formula is C17H23F2NO3. The van der Waals surface area contributed by atoms with E-state index in [0.29, 0.717) is 0 Å². The summed E-state index contributed by atoms with van der Waals surface area (Å²) in [5.41, 5.74) is 0.908. The van der Waals surface area contributed by atoms with Crippen molar-refractivity contribution in [3.63, 3.8) is 0 Å². The van der Waals surface area contributed by atoms with Crippen LogP contribution in [-0.2, 0) is 0 Å². The maximum absolute atomic E-state index is 13.1. The Kier molecular flexibility index (Phi) is 4.01. The number of piperidine rings is 1. The molecule has 1 fully saturated rings. The van der Waals surface area contributed by atoms with Gasteiger partial charge in [-0.1, -0.05) is 6.07 Å². The van der Waals surface area contributed by atoms with E-state index in [9.17, 15) is 13.9 Å². The molecule has 0 saturated carbocycles. The van der Waals surface area contributed by atoms with Crippen LogP contribution in [0, 0.1) is 0 Å². The Morgan fingerprint density at radius 2 is 1.91 bits per heavy atom. The van der Waals surface area contributed by atoms with Crippen LogP contribution in [0.25, 0.3) is 0 Å². The lowest BCUT2D eigenvalue weighted by molar-refractivity contribution is -0.286. The normalized spacial score (nSPS) is 27.2. The SMILES string of the molecule is CC(C)(C)N1CC(c2ccc3c(c2)OC(F)(F)O3)CCC1CO. The molecule has 1 aromatic rings. The van der Waals surface area contributed by atoms with E-state index in [4.69, 9.17) is 0 Å². The number of fused-ring (bicyclic) bond motifs is 1. The number of aliphatic hydroxyl groups excluding tert-OH is 1. The molecule has 2 aliphatic rings. The monoisotopic (exact) mass is 327 g/mol. The van der Waals surface area contributed by atoms with Gasteiger partial charge in [-0.15, -0.1) is 8.78 Å². The van der Waals surface area contributed by atoms with Crippen molar-refractivity contribution in [3.05, 3.63) is 23.8 Å². The zero-order chi connectivity index (χ0) is 16.8. The van der Waals surface area contributed by atoms with Crippen LogP contribution in [-0.4, -0.2) is 41.0 Å². The molecule has 1 N–H and O–H groups in total. The number of hydrogen-bond acceptors (Lipinski definition) is 4. The minimum absolute atomic E-state index is 0.0601. The van der Waals surface area contributed by atoms with Gasteiger partial charge in [0.15, 0.2) is 11.5 Å². The summed E-state index contributed by atoms with van der Waals surface area (Å²) >= 11 is 0. The number of hydrogen-bond donors (Lipinski definition) is 1. The van der Waals surface area contributed by atoms with Crippen molar-refractivity contribution < 1.29 is 23.4 Å². The molecule has 128 valence electrons. The molecule has 2 heterocycles. The largest absolute Gasteiger partial charge is 0.586 e. The summed E-state index contributed by atoms with van der Waals surface area (Å²) in [7, 11) is 0. The summed E-state index contributed by atoms with van der Waals surface area (Å²) in [5.74, 6) is 0.398. The topological polar surface area (TPSA) is 41.9 Å². The Hall–Kier alpha value is -1.40. The highest BCUT2D eigenvalue weighted by atomic mass is 19.3. The van der Waals surface area contributed by atoms with E-state index in [1.807, 2.05) is 6.07 Å². The number of aliphatic hydroxyl groups is 1. The first-order chi connectivity index (χ1) is 10.7. The fraction of sp³-hybridized carbons (Fsp3) is 0.647. The first-order valence-corrected chi connectivity index (χ1v) is 7.97. The third-order valence-electron chi connectivity index (χ3n) is 4.68. The van der Waals surface area contributed by atoms with Gasteiger partial charge in [0, 0.05) is 18.1 Å². The molecule has 2 aliphatic heterocycles. The van der Waals surface area contributed by atoms with E-state index >= 15 is 0 Å². The highest BCUT2D eigenvalue weighted by molar-refractivity contribution is 5.46. The summed E-state index contributed by atoms with van der Waals surface area (Å²) in [6.45, 7) is 7.29. The second-order valence-electron chi connectivity index (χ2n) is 7.31. The summed E-state index contributed by atoms with van der Waals surface area (Å²) in [6.07, 6.45) is -1.79. The number of rotatable bonds is 2. The Morgan fingerprint density at radius 3 is 2.57 bits per heavy atom. The summed E-state index contributed by atoms with van der Waals surface area (Å²) in [5, 5.41) is 9.60. The van der Waals surface area contributed by atoms with Crippen molar-refractivity contribution in [1.82, 2.24) is 4.90 Å². The van der Waals surface area contributed by atoms with Gasteiger partial charge >= 0.3 is 6.29 Å². The molecule has 23 heavy (non-hydrogen) atoms. The van der Waals surface area contributed by atoms with Crippen LogP contribution < -0.4 is 9.47 Å². The van der Waals surface area contributed by atoms with Gasteiger partial charge in [0.05, 0.1) is 6.61 Å². The fourth-order valence-electron chi connectivity index (χ4n) is 3.53. The average Bonchev–Trinajstić information content (AvgIpc) is 2.78. The first kappa shape index (κ1) is 16.5. The van der Waals surface area contributed by atoms with E-state index in [0.717, 1.165) is 24.9 Å². The zero-order valence-corrected chi connectivity index (χ0v) is 13.7. The number of likely N-dealkylation sites (tertiary alicyclic amines) is 1. The molecule has 1 aromatic carbocycles. The van der Waals surface area contributed by atoms with Crippen LogP contribution in [0.2, 0.25) is 0 Å². The lowest BCUT2D eigenvalue weighted by Gasteiger charge is -2.46. The zero-order valence-electron chi connectivity index (χ0n) is 13.7. The highest BCUT2D eigenvalue weighted by Crippen LogP contribution is 2.43. The van der Waals surface area contributed by atoms with Gasteiger partial charge in [-0.05, 0) is 57.2 Å².